The summed E-state index contributed by atoms with van der Waals surface area (Å²) in [5.74, 6) is -1.62. The number of halogens is 2. The maximum atomic E-state index is 13.6. The molecule has 0 N–H and O–H groups in total. The highest BCUT2D eigenvalue weighted by molar-refractivity contribution is 6.68. The highest BCUT2D eigenvalue weighted by Gasteiger charge is 2.24. The molecule has 0 aliphatic heterocycles. The topological polar surface area (TPSA) is 26.3 Å². The van der Waals surface area contributed by atoms with Crippen molar-refractivity contribution in [2.75, 3.05) is 0 Å². The van der Waals surface area contributed by atoms with Gasteiger partial charge in [0.2, 0.25) is 5.85 Å². The Bertz CT molecular complexity index is 363. The van der Waals surface area contributed by atoms with Gasteiger partial charge in [-0.25, -0.2) is 0 Å². The Morgan fingerprint density at radius 1 is 1.53 bits per heavy atom. The van der Waals surface area contributed by atoms with Crippen LogP contribution in [0.1, 0.15) is 30.6 Å². The average Bonchev–Trinajstić information content (AvgIpc) is 2.18. The van der Waals surface area contributed by atoms with Crippen LogP contribution >= 0.6 is 11.6 Å². The summed E-state index contributed by atoms with van der Waals surface area (Å²) in [6.07, 6.45) is 0.192. The van der Waals surface area contributed by atoms with Crippen LogP contribution in [-0.4, -0.2) is 11.1 Å². The zero-order chi connectivity index (χ0) is 11.5. The van der Waals surface area contributed by atoms with Gasteiger partial charge in [0, 0.05) is 13.3 Å². The number of alkyl halides is 1. The molecule has 1 atom stereocenters. The van der Waals surface area contributed by atoms with E-state index in [9.17, 15) is 9.18 Å². The van der Waals surface area contributed by atoms with Crippen molar-refractivity contribution in [2.45, 2.75) is 26.1 Å². The molecule has 0 radical (unpaired) electrons. The van der Waals surface area contributed by atoms with Crippen molar-refractivity contribution in [1.82, 2.24) is 0 Å². The van der Waals surface area contributed by atoms with Crippen LogP contribution in [0.15, 0.2) is 24.3 Å². The van der Waals surface area contributed by atoms with E-state index in [-0.39, 0.29) is 17.7 Å². The van der Waals surface area contributed by atoms with Crippen molar-refractivity contribution < 1.29 is 13.9 Å². The van der Waals surface area contributed by atoms with Crippen LogP contribution in [0.5, 0.6) is 5.75 Å². The molecule has 0 amide bonds. The first-order valence-corrected chi connectivity index (χ1v) is 5.01. The van der Waals surface area contributed by atoms with Crippen LogP contribution in [0.3, 0.4) is 0 Å². The van der Waals surface area contributed by atoms with Crippen LogP contribution in [0.25, 0.3) is 0 Å². The SMILES string of the molecule is CCC(C)(F)Oc1ccccc1C(=O)Cl. The molecule has 1 rings (SSSR count). The molecule has 0 saturated heterocycles. The first-order chi connectivity index (χ1) is 6.96. The molecular weight excluding hydrogens is 219 g/mol. The van der Waals surface area contributed by atoms with Gasteiger partial charge in [0.1, 0.15) is 5.75 Å². The second-order valence-electron chi connectivity index (χ2n) is 3.33. The molecule has 0 fully saturated rings. The Hall–Kier alpha value is -1.09. The van der Waals surface area contributed by atoms with E-state index in [2.05, 4.69) is 0 Å². The van der Waals surface area contributed by atoms with E-state index in [0.717, 1.165) is 0 Å². The molecule has 2 nitrogen and oxygen atoms in total. The Morgan fingerprint density at radius 3 is 2.67 bits per heavy atom. The van der Waals surface area contributed by atoms with Crippen LogP contribution in [-0.2, 0) is 0 Å². The molecule has 82 valence electrons. The first-order valence-electron chi connectivity index (χ1n) is 4.63. The second-order valence-corrected chi connectivity index (χ2v) is 3.67. The van der Waals surface area contributed by atoms with Gasteiger partial charge in [-0.1, -0.05) is 19.1 Å². The fourth-order valence-corrected chi connectivity index (χ4v) is 1.18. The molecule has 0 aliphatic rings. The zero-order valence-electron chi connectivity index (χ0n) is 8.59. The summed E-state index contributed by atoms with van der Waals surface area (Å²) in [6.45, 7) is 2.97. The maximum absolute atomic E-state index is 13.6. The Kier molecular flexibility index (Phi) is 3.69. The third-order valence-corrected chi connectivity index (χ3v) is 2.26. The van der Waals surface area contributed by atoms with Gasteiger partial charge in [-0.2, -0.15) is 4.39 Å². The average molecular weight is 231 g/mol. The standard InChI is InChI=1S/C11H12ClFO2/c1-3-11(2,13)15-9-7-5-4-6-8(9)10(12)14/h4-7H,3H2,1-2H3. The van der Waals surface area contributed by atoms with Crippen molar-refractivity contribution in [3.05, 3.63) is 29.8 Å². The predicted molar refractivity (Wildman–Crippen MR) is 57.1 cm³/mol. The van der Waals surface area contributed by atoms with E-state index in [0.29, 0.717) is 0 Å². The third kappa shape index (κ3) is 3.20. The van der Waals surface area contributed by atoms with Crippen LogP contribution in [0.4, 0.5) is 4.39 Å². The van der Waals surface area contributed by atoms with Gasteiger partial charge in [-0.05, 0) is 23.7 Å². The minimum Gasteiger partial charge on any atom is -0.457 e. The van der Waals surface area contributed by atoms with Crippen molar-refractivity contribution in [2.24, 2.45) is 0 Å². The molecule has 1 aromatic rings. The van der Waals surface area contributed by atoms with Gasteiger partial charge in [0.25, 0.3) is 5.24 Å². The maximum Gasteiger partial charge on any atom is 0.256 e. The first kappa shape index (κ1) is 12.0. The number of para-hydroxylation sites is 1. The molecule has 1 aromatic carbocycles. The van der Waals surface area contributed by atoms with Gasteiger partial charge in [0.05, 0.1) is 5.56 Å². The van der Waals surface area contributed by atoms with E-state index in [4.69, 9.17) is 16.3 Å². The summed E-state index contributed by atoms with van der Waals surface area (Å²) in [5, 5.41) is -0.655. The number of rotatable bonds is 4. The lowest BCUT2D eigenvalue weighted by molar-refractivity contribution is -0.0474. The largest absolute Gasteiger partial charge is 0.457 e. The summed E-state index contributed by atoms with van der Waals surface area (Å²) < 4.78 is 18.6. The number of hydrogen-bond donors (Lipinski definition) is 0. The number of ether oxygens (including phenoxy) is 1. The lowest BCUT2D eigenvalue weighted by Crippen LogP contribution is -2.25. The highest BCUT2D eigenvalue weighted by atomic mass is 35.5. The molecule has 1 unspecified atom stereocenters. The molecule has 0 bridgehead atoms. The Labute approximate surface area is 93.0 Å². The van der Waals surface area contributed by atoms with E-state index >= 15 is 0 Å². The van der Waals surface area contributed by atoms with Gasteiger partial charge in [0.15, 0.2) is 0 Å². The molecule has 0 saturated carbocycles. The second kappa shape index (κ2) is 4.62. The third-order valence-electron chi connectivity index (χ3n) is 2.05. The van der Waals surface area contributed by atoms with E-state index in [1.165, 1.54) is 19.1 Å². The van der Waals surface area contributed by atoms with Crippen molar-refractivity contribution in [3.63, 3.8) is 0 Å². The lowest BCUT2D eigenvalue weighted by atomic mass is 10.2. The normalized spacial score (nSPS) is 14.4. The number of carbonyl (C=O) groups excluding carboxylic acids is 1. The number of hydrogen-bond acceptors (Lipinski definition) is 2. The monoisotopic (exact) mass is 230 g/mol. The summed E-state index contributed by atoms with van der Waals surface area (Å²) in [4.78, 5) is 11.0. The summed E-state index contributed by atoms with van der Waals surface area (Å²) >= 11 is 5.34. The van der Waals surface area contributed by atoms with Crippen molar-refractivity contribution >= 4 is 16.8 Å². The van der Waals surface area contributed by atoms with Gasteiger partial charge < -0.3 is 4.74 Å². The molecule has 0 spiro atoms. The molecule has 0 aliphatic carbocycles. The summed E-state index contributed by atoms with van der Waals surface area (Å²) in [5.41, 5.74) is 0.177. The predicted octanol–water partition coefficient (Wildman–Crippen LogP) is 3.54. The van der Waals surface area contributed by atoms with Gasteiger partial charge >= 0.3 is 0 Å². The van der Waals surface area contributed by atoms with E-state index < -0.39 is 11.1 Å². The Balaban J connectivity index is 2.99. The van der Waals surface area contributed by atoms with Gasteiger partial charge in [-0.15, -0.1) is 0 Å². The van der Waals surface area contributed by atoms with E-state index in [1.807, 2.05) is 0 Å². The molecule has 0 heterocycles. The number of benzene rings is 1. The molecule has 15 heavy (non-hydrogen) atoms. The molecular formula is C11H12ClFO2. The van der Waals surface area contributed by atoms with Crippen LogP contribution < -0.4 is 4.74 Å². The minimum absolute atomic E-state index is 0.171. The summed E-state index contributed by atoms with van der Waals surface area (Å²) in [7, 11) is 0. The fourth-order valence-electron chi connectivity index (χ4n) is 1.02. The lowest BCUT2D eigenvalue weighted by Gasteiger charge is -2.21. The molecule has 4 heteroatoms. The minimum atomic E-state index is -1.79. The van der Waals surface area contributed by atoms with Crippen LogP contribution in [0, 0.1) is 0 Å². The highest BCUT2D eigenvalue weighted by Crippen LogP contribution is 2.26. The van der Waals surface area contributed by atoms with Crippen molar-refractivity contribution in [3.8, 4) is 5.75 Å². The Morgan fingerprint density at radius 2 is 2.13 bits per heavy atom. The number of carbonyl (C=O) groups is 1. The van der Waals surface area contributed by atoms with Gasteiger partial charge in [-0.3, -0.25) is 4.79 Å². The van der Waals surface area contributed by atoms with Crippen LogP contribution in [0.2, 0.25) is 0 Å². The quantitative estimate of drug-likeness (QED) is 0.740. The molecule has 0 aromatic heterocycles. The zero-order valence-corrected chi connectivity index (χ0v) is 9.34. The summed E-state index contributed by atoms with van der Waals surface area (Å²) in [6, 6.07) is 6.31. The smallest absolute Gasteiger partial charge is 0.256 e. The van der Waals surface area contributed by atoms with Crippen molar-refractivity contribution in [1.29, 1.82) is 0 Å². The van der Waals surface area contributed by atoms with E-state index in [1.54, 1.807) is 19.1 Å². The fraction of sp³-hybridized carbons (Fsp3) is 0.364.